The van der Waals surface area contributed by atoms with Crippen LogP contribution in [0.4, 0.5) is 10.5 Å². The summed E-state index contributed by atoms with van der Waals surface area (Å²) in [6, 6.07) is 20.8. The van der Waals surface area contributed by atoms with Gasteiger partial charge in [0.05, 0.1) is 11.3 Å². The number of hydrogen-bond donors (Lipinski definition) is 3. The molecule has 3 aromatic rings. The first-order valence-corrected chi connectivity index (χ1v) is 12.2. The molecule has 8 heteroatoms. The first-order chi connectivity index (χ1) is 16.9. The van der Waals surface area contributed by atoms with Crippen LogP contribution in [0.1, 0.15) is 40.2 Å². The molecule has 35 heavy (non-hydrogen) atoms. The van der Waals surface area contributed by atoms with Crippen LogP contribution in [-0.4, -0.2) is 35.7 Å². The molecule has 0 atom stereocenters. The van der Waals surface area contributed by atoms with Gasteiger partial charge in [0, 0.05) is 22.4 Å². The summed E-state index contributed by atoms with van der Waals surface area (Å²) in [4.78, 5) is 36.5. The summed E-state index contributed by atoms with van der Waals surface area (Å²) in [6.07, 6.45) is 0.417. The number of carbonyl (C=O) groups excluding carboxylic acids is 2. The van der Waals surface area contributed by atoms with Crippen molar-refractivity contribution in [3.05, 3.63) is 87.9 Å². The van der Waals surface area contributed by atoms with Crippen LogP contribution >= 0.6 is 15.9 Å². The summed E-state index contributed by atoms with van der Waals surface area (Å²) in [7, 11) is 0. The number of carboxylic acid groups (broad SMARTS) is 1. The first-order valence-electron chi connectivity index (χ1n) is 11.4. The first kappa shape index (κ1) is 23.1. The third-order valence-corrected chi connectivity index (χ3v) is 7.33. The van der Waals surface area contributed by atoms with Crippen LogP contribution in [0.3, 0.4) is 0 Å². The van der Waals surface area contributed by atoms with Gasteiger partial charge in [-0.05, 0) is 63.2 Å². The lowest BCUT2D eigenvalue weighted by Crippen LogP contribution is -2.48. The molecule has 1 fully saturated rings. The predicted octanol–water partition coefficient (Wildman–Crippen LogP) is 5.40. The monoisotopic (exact) mass is 534 g/mol. The minimum Gasteiger partial charge on any atom is -0.478 e. The van der Waals surface area contributed by atoms with E-state index in [2.05, 4.69) is 50.8 Å². The Morgan fingerprint density at radius 2 is 1.54 bits per heavy atom. The number of amides is 2. The second-order valence-electron chi connectivity index (χ2n) is 8.79. The number of carbonyl (C=O) groups is 3. The standard InChI is InChI=1S/C27H23BrN2O5/c28-23-11-5-10-21(26(32)33)24(23)30-25(31)15-12-16(13-15)29-27(34)35-14-22-19-8-3-1-6-17(19)18-7-2-4-9-20(18)22/h1-11,15-16,22H,12-14H2,(H,29,34)(H,30,31)(H,32,33). The largest absolute Gasteiger partial charge is 0.478 e. The molecule has 3 N–H and O–H groups in total. The number of aromatic carboxylic acids is 1. The fourth-order valence-electron chi connectivity index (χ4n) is 4.81. The van der Waals surface area contributed by atoms with Crippen LogP contribution in [0.2, 0.25) is 0 Å². The Hall–Kier alpha value is -3.65. The fourth-order valence-corrected chi connectivity index (χ4v) is 5.28. The fraction of sp³-hybridized carbons (Fsp3) is 0.222. The number of rotatable bonds is 6. The predicted molar refractivity (Wildman–Crippen MR) is 134 cm³/mol. The third kappa shape index (κ3) is 4.53. The van der Waals surface area contributed by atoms with E-state index in [-0.39, 0.29) is 41.6 Å². The van der Waals surface area contributed by atoms with Gasteiger partial charge in [0.1, 0.15) is 6.61 Å². The molecule has 5 rings (SSSR count). The van der Waals surface area contributed by atoms with Gasteiger partial charge in [-0.3, -0.25) is 4.79 Å². The SMILES string of the molecule is O=C(NC1CC(C(=O)Nc2c(Br)cccc2C(=O)O)C1)OCC1c2ccccc2-c2ccccc21. The Kier molecular flexibility index (Phi) is 6.30. The van der Waals surface area contributed by atoms with Crippen molar-refractivity contribution >= 4 is 39.6 Å². The molecule has 0 aromatic heterocycles. The molecule has 1 saturated carbocycles. The summed E-state index contributed by atoms with van der Waals surface area (Å²) in [5.74, 6) is -1.72. The molecule has 0 saturated heterocycles. The van der Waals surface area contributed by atoms with E-state index in [1.54, 1.807) is 12.1 Å². The zero-order valence-corrected chi connectivity index (χ0v) is 20.2. The van der Waals surface area contributed by atoms with Crippen molar-refractivity contribution in [3.63, 3.8) is 0 Å². The molecular formula is C27H23BrN2O5. The molecular weight excluding hydrogens is 512 g/mol. The van der Waals surface area contributed by atoms with Gasteiger partial charge in [0.2, 0.25) is 5.91 Å². The smallest absolute Gasteiger partial charge is 0.407 e. The van der Waals surface area contributed by atoms with Gasteiger partial charge < -0.3 is 20.5 Å². The van der Waals surface area contributed by atoms with Gasteiger partial charge in [-0.15, -0.1) is 0 Å². The minimum atomic E-state index is -1.12. The Morgan fingerprint density at radius 1 is 0.914 bits per heavy atom. The van der Waals surface area contributed by atoms with Gasteiger partial charge in [-0.2, -0.15) is 0 Å². The highest BCUT2D eigenvalue weighted by Gasteiger charge is 2.37. The molecule has 0 bridgehead atoms. The molecule has 0 aliphatic heterocycles. The summed E-state index contributed by atoms with van der Waals surface area (Å²) in [5, 5.41) is 14.9. The van der Waals surface area contributed by atoms with E-state index in [0.29, 0.717) is 17.3 Å². The lowest BCUT2D eigenvalue weighted by molar-refractivity contribution is -0.122. The van der Waals surface area contributed by atoms with Crippen molar-refractivity contribution in [2.24, 2.45) is 5.92 Å². The van der Waals surface area contributed by atoms with Crippen molar-refractivity contribution in [3.8, 4) is 11.1 Å². The number of anilines is 1. The summed E-state index contributed by atoms with van der Waals surface area (Å²) in [6.45, 7) is 0.233. The number of benzene rings is 3. The highest BCUT2D eigenvalue weighted by atomic mass is 79.9. The topological polar surface area (TPSA) is 105 Å². The summed E-state index contributed by atoms with van der Waals surface area (Å²) in [5.41, 5.74) is 4.88. The number of alkyl carbamates (subject to hydrolysis) is 1. The van der Waals surface area contributed by atoms with Crippen LogP contribution in [0.25, 0.3) is 11.1 Å². The number of hydrogen-bond acceptors (Lipinski definition) is 4. The molecule has 2 aliphatic rings. The van der Waals surface area contributed by atoms with E-state index >= 15 is 0 Å². The minimum absolute atomic E-state index is 0.0131. The number of para-hydroxylation sites is 1. The number of ether oxygens (including phenoxy) is 1. The van der Waals surface area contributed by atoms with Crippen molar-refractivity contribution in [1.29, 1.82) is 0 Å². The second-order valence-corrected chi connectivity index (χ2v) is 9.65. The third-order valence-electron chi connectivity index (χ3n) is 6.67. The molecule has 2 aliphatic carbocycles. The zero-order chi connectivity index (χ0) is 24.5. The molecule has 0 unspecified atom stereocenters. The maximum atomic E-state index is 12.6. The molecule has 0 spiro atoms. The Morgan fingerprint density at radius 3 is 2.17 bits per heavy atom. The van der Waals surface area contributed by atoms with Crippen LogP contribution in [-0.2, 0) is 9.53 Å². The van der Waals surface area contributed by atoms with Crippen molar-refractivity contribution in [2.75, 3.05) is 11.9 Å². The average molecular weight is 535 g/mol. The van der Waals surface area contributed by atoms with Gasteiger partial charge in [-0.1, -0.05) is 54.6 Å². The summed E-state index contributed by atoms with van der Waals surface area (Å²) >= 11 is 3.29. The summed E-state index contributed by atoms with van der Waals surface area (Å²) < 4.78 is 6.07. The van der Waals surface area contributed by atoms with Crippen LogP contribution in [0.15, 0.2) is 71.2 Å². The van der Waals surface area contributed by atoms with E-state index in [0.717, 1.165) is 11.1 Å². The van der Waals surface area contributed by atoms with Crippen LogP contribution in [0, 0.1) is 5.92 Å². The van der Waals surface area contributed by atoms with Crippen LogP contribution < -0.4 is 10.6 Å². The maximum Gasteiger partial charge on any atom is 0.407 e. The van der Waals surface area contributed by atoms with Crippen molar-refractivity contribution in [2.45, 2.75) is 24.8 Å². The van der Waals surface area contributed by atoms with Crippen LogP contribution in [0.5, 0.6) is 0 Å². The number of nitrogens with one attached hydrogen (secondary N) is 2. The molecule has 178 valence electrons. The molecule has 0 radical (unpaired) electrons. The van der Waals surface area contributed by atoms with E-state index < -0.39 is 12.1 Å². The van der Waals surface area contributed by atoms with Gasteiger partial charge in [0.15, 0.2) is 0 Å². The number of halogens is 1. The van der Waals surface area contributed by atoms with E-state index in [9.17, 15) is 19.5 Å². The number of carboxylic acids is 1. The molecule has 2 amide bonds. The second kappa shape index (κ2) is 9.54. The Bertz CT molecular complexity index is 1270. The van der Waals surface area contributed by atoms with Gasteiger partial charge in [0.25, 0.3) is 0 Å². The van der Waals surface area contributed by atoms with Gasteiger partial charge in [-0.25, -0.2) is 9.59 Å². The van der Waals surface area contributed by atoms with Crippen molar-refractivity contribution < 1.29 is 24.2 Å². The van der Waals surface area contributed by atoms with Crippen molar-refractivity contribution in [1.82, 2.24) is 5.32 Å². The zero-order valence-electron chi connectivity index (χ0n) is 18.7. The maximum absolute atomic E-state index is 12.6. The molecule has 3 aromatic carbocycles. The Labute approximate surface area is 210 Å². The van der Waals surface area contributed by atoms with Gasteiger partial charge >= 0.3 is 12.1 Å². The highest BCUT2D eigenvalue weighted by Crippen LogP contribution is 2.44. The van der Waals surface area contributed by atoms with E-state index in [4.69, 9.17) is 4.74 Å². The highest BCUT2D eigenvalue weighted by molar-refractivity contribution is 9.10. The molecule has 7 nitrogen and oxygen atoms in total. The average Bonchev–Trinajstić information content (AvgIpc) is 3.14. The van der Waals surface area contributed by atoms with E-state index in [1.165, 1.54) is 17.2 Å². The quantitative estimate of drug-likeness (QED) is 0.392. The number of fused-ring (bicyclic) bond motifs is 3. The lowest BCUT2D eigenvalue weighted by Gasteiger charge is -2.34. The normalized spacial score (nSPS) is 18.1. The Balaban J connectivity index is 1.13. The lowest BCUT2D eigenvalue weighted by atomic mass is 9.79. The molecule has 0 heterocycles. The van der Waals surface area contributed by atoms with E-state index in [1.807, 2.05) is 24.3 Å².